The maximum atomic E-state index is 9.50. The van der Waals surface area contributed by atoms with Crippen LogP contribution in [-0.2, 0) is 0 Å². The molecule has 0 fully saturated rings. The Bertz CT molecular complexity index is 471. The summed E-state index contributed by atoms with van der Waals surface area (Å²) in [5.41, 5.74) is 2.90. The van der Waals surface area contributed by atoms with Gasteiger partial charge < -0.3 is 5.11 Å². The summed E-state index contributed by atoms with van der Waals surface area (Å²) in [4.78, 5) is 0. The molecule has 0 spiro atoms. The predicted octanol–water partition coefficient (Wildman–Crippen LogP) is 4.02. The minimum Gasteiger partial charge on any atom is -0.508 e. The van der Waals surface area contributed by atoms with Gasteiger partial charge in [0.2, 0.25) is 0 Å². The lowest BCUT2D eigenvalue weighted by molar-refractivity contribution is 0.475. The topological polar surface area (TPSA) is 20.2 Å². The van der Waals surface area contributed by atoms with Crippen molar-refractivity contribution in [3.8, 4) is 16.9 Å². The van der Waals surface area contributed by atoms with E-state index in [4.69, 9.17) is 11.6 Å². The van der Waals surface area contributed by atoms with E-state index in [-0.39, 0.29) is 5.75 Å². The number of hydrogen-bond donors (Lipinski definition) is 1. The monoisotopic (exact) mass is 218 g/mol. The molecule has 0 aliphatic carbocycles. The highest BCUT2D eigenvalue weighted by Crippen LogP contribution is 2.30. The smallest absolute Gasteiger partial charge is 0.116 e. The third-order valence-electron chi connectivity index (χ3n) is 2.25. The number of rotatable bonds is 1. The van der Waals surface area contributed by atoms with Crippen LogP contribution in [0.15, 0.2) is 42.5 Å². The third-order valence-corrected chi connectivity index (χ3v) is 2.58. The van der Waals surface area contributed by atoms with E-state index in [1.807, 2.05) is 37.3 Å². The van der Waals surface area contributed by atoms with E-state index in [0.29, 0.717) is 5.02 Å². The average Bonchev–Trinajstić information content (AvgIpc) is 2.16. The van der Waals surface area contributed by atoms with Crippen LogP contribution in [0.3, 0.4) is 0 Å². The molecule has 0 atom stereocenters. The molecule has 0 heterocycles. The molecule has 0 bridgehead atoms. The number of aryl methyl sites for hydroxylation is 1. The first-order valence-electron chi connectivity index (χ1n) is 4.72. The Balaban J connectivity index is 2.59. The highest BCUT2D eigenvalue weighted by molar-refractivity contribution is 6.33. The van der Waals surface area contributed by atoms with E-state index in [2.05, 4.69) is 0 Å². The molecule has 1 nitrogen and oxygen atoms in total. The van der Waals surface area contributed by atoms with Crippen LogP contribution in [-0.4, -0.2) is 5.11 Å². The Morgan fingerprint density at radius 3 is 2.47 bits per heavy atom. The number of phenolic OH excluding ortho intramolecular Hbond substituents is 1. The molecule has 0 saturated carbocycles. The van der Waals surface area contributed by atoms with Crippen LogP contribution < -0.4 is 0 Å². The highest BCUT2D eigenvalue weighted by atomic mass is 35.5. The number of aromatic hydroxyl groups is 1. The molecule has 2 rings (SSSR count). The van der Waals surface area contributed by atoms with Crippen LogP contribution in [0.1, 0.15) is 5.56 Å². The van der Waals surface area contributed by atoms with Crippen LogP contribution in [0.2, 0.25) is 5.02 Å². The Morgan fingerprint density at radius 2 is 1.80 bits per heavy atom. The molecule has 15 heavy (non-hydrogen) atoms. The molecule has 0 radical (unpaired) electrons. The summed E-state index contributed by atoms with van der Waals surface area (Å²) in [6.07, 6.45) is 0. The van der Waals surface area contributed by atoms with Crippen molar-refractivity contribution >= 4 is 11.6 Å². The molecule has 0 aliphatic rings. The first-order valence-corrected chi connectivity index (χ1v) is 5.10. The number of phenols is 1. The summed E-state index contributed by atoms with van der Waals surface area (Å²) in [5, 5.41) is 10.2. The number of hydrogen-bond acceptors (Lipinski definition) is 1. The van der Waals surface area contributed by atoms with Gasteiger partial charge in [-0.2, -0.15) is 0 Å². The van der Waals surface area contributed by atoms with Gasteiger partial charge in [-0.1, -0.05) is 35.9 Å². The molecule has 2 aromatic carbocycles. The van der Waals surface area contributed by atoms with Crippen molar-refractivity contribution in [1.82, 2.24) is 0 Å². The summed E-state index contributed by atoms with van der Waals surface area (Å²) in [6, 6.07) is 13.0. The van der Waals surface area contributed by atoms with Gasteiger partial charge in [0.05, 0.1) is 0 Å². The van der Waals surface area contributed by atoms with Gasteiger partial charge in [-0.3, -0.25) is 0 Å². The van der Waals surface area contributed by atoms with Crippen molar-refractivity contribution in [3.63, 3.8) is 0 Å². The maximum absolute atomic E-state index is 9.50. The van der Waals surface area contributed by atoms with Gasteiger partial charge in [0.15, 0.2) is 0 Å². The Labute approximate surface area is 94.0 Å². The van der Waals surface area contributed by atoms with Crippen LogP contribution in [0.4, 0.5) is 0 Å². The van der Waals surface area contributed by atoms with Gasteiger partial charge in [0.1, 0.15) is 5.75 Å². The fourth-order valence-electron chi connectivity index (χ4n) is 1.61. The van der Waals surface area contributed by atoms with Crippen molar-refractivity contribution in [1.29, 1.82) is 0 Å². The van der Waals surface area contributed by atoms with Crippen molar-refractivity contribution < 1.29 is 5.11 Å². The highest BCUT2D eigenvalue weighted by Gasteiger charge is 2.04. The number of halogens is 1. The standard InChI is InChI=1S/C13H11ClO/c1-9-6-10(8-11(15)7-9)12-4-2-3-5-13(12)14/h2-8,15H,1H3. The quantitative estimate of drug-likeness (QED) is 0.767. The first kappa shape index (κ1) is 10.1. The second-order valence-corrected chi connectivity index (χ2v) is 3.94. The fraction of sp³-hybridized carbons (Fsp3) is 0.0769. The molecule has 0 aromatic heterocycles. The molecule has 0 aliphatic heterocycles. The molecule has 1 N–H and O–H groups in total. The lowest BCUT2D eigenvalue weighted by Gasteiger charge is -2.06. The zero-order valence-electron chi connectivity index (χ0n) is 8.37. The normalized spacial score (nSPS) is 10.3. The molecule has 2 heteroatoms. The lowest BCUT2D eigenvalue weighted by Crippen LogP contribution is -1.81. The van der Waals surface area contributed by atoms with Gasteiger partial charge in [-0.25, -0.2) is 0 Å². The number of benzene rings is 2. The van der Waals surface area contributed by atoms with Gasteiger partial charge in [-0.05, 0) is 36.2 Å². The predicted molar refractivity (Wildman–Crippen MR) is 63.3 cm³/mol. The third kappa shape index (κ3) is 2.13. The van der Waals surface area contributed by atoms with E-state index in [1.54, 1.807) is 12.1 Å². The minimum absolute atomic E-state index is 0.268. The zero-order valence-corrected chi connectivity index (χ0v) is 9.12. The van der Waals surface area contributed by atoms with E-state index >= 15 is 0 Å². The van der Waals surface area contributed by atoms with Gasteiger partial charge >= 0.3 is 0 Å². The zero-order chi connectivity index (χ0) is 10.8. The van der Waals surface area contributed by atoms with Crippen LogP contribution in [0, 0.1) is 6.92 Å². The van der Waals surface area contributed by atoms with Crippen LogP contribution in [0.5, 0.6) is 5.75 Å². The van der Waals surface area contributed by atoms with E-state index in [1.165, 1.54) is 0 Å². The first-order chi connectivity index (χ1) is 7.16. The summed E-state index contributed by atoms with van der Waals surface area (Å²) in [7, 11) is 0. The fourth-order valence-corrected chi connectivity index (χ4v) is 1.86. The Kier molecular flexibility index (Phi) is 2.65. The van der Waals surface area contributed by atoms with Gasteiger partial charge in [0, 0.05) is 10.6 Å². The molecule has 0 amide bonds. The van der Waals surface area contributed by atoms with Crippen molar-refractivity contribution in [2.75, 3.05) is 0 Å². The Morgan fingerprint density at radius 1 is 1.07 bits per heavy atom. The van der Waals surface area contributed by atoms with Crippen LogP contribution in [0.25, 0.3) is 11.1 Å². The molecule has 2 aromatic rings. The average molecular weight is 219 g/mol. The summed E-state index contributed by atoms with van der Waals surface area (Å²) in [6.45, 7) is 1.94. The van der Waals surface area contributed by atoms with E-state index < -0.39 is 0 Å². The largest absolute Gasteiger partial charge is 0.508 e. The van der Waals surface area contributed by atoms with E-state index in [9.17, 15) is 5.11 Å². The van der Waals surface area contributed by atoms with Gasteiger partial charge in [0.25, 0.3) is 0 Å². The Hall–Kier alpha value is -1.47. The summed E-state index contributed by atoms with van der Waals surface area (Å²) >= 11 is 6.08. The molecule has 0 unspecified atom stereocenters. The SMILES string of the molecule is Cc1cc(O)cc(-c2ccccc2Cl)c1. The molecule has 0 saturated heterocycles. The van der Waals surface area contributed by atoms with Crippen molar-refractivity contribution in [2.45, 2.75) is 6.92 Å². The minimum atomic E-state index is 0.268. The van der Waals surface area contributed by atoms with Crippen molar-refractivity contribution in [2.24, 2.45) is 0 Å². The van der Waals surface area contributed by atoms with Gasteiger partial charge in [-0.15, -0.1) is 0 Å². The summed E-state index contributed by atoms with van der Waals surface area (Å²) < 4.78 is 0. The van der Waals surface area contributed by atoms with Crippen LogP contribution >= 0.6 is 11.6 Å². The molecular weight excluding hydrogens is 208 g/mol. The second-order valence-electron chi connectivity index (χ2n) is 3.54. The molecular formula is C13H11ClO. The second kappa shape index (κ2) is 3.95. The summed E-state index contributed by atoms with van der Waals surface area (Å²) in [5.74, 6) is 0.268. The molecule has 76 valence electrons. The lowest BCUT2D eigenvalue weighted by atomic mass is 10.0. The maximum Gasteiger partial charge on any atom is 0.116 e. The van der Waals surface area contributed by atoms with E-state index in [0.717, 1.165) is 16.7 Å². The van der Waals surface area contributed by atoms with Crippen molar-refractivity contribution in [3.05, 3.63) is 53.1 Å².